The van der Waals surface area contributed by atoms with Crippen LogP contribution in [0.15, 0.2) is 59.8 Å². The molecule has 0 fully saturated rings. The van der Waals surface area contributed by atoms with Crippen molar-refractivity contribution in [3.05, 3.63) is 65.4 Å². The number of thioether (sulfide) groups is 1. The van der Waals surface area contributed by atoms with E-state index in [2.05, 4.69) is 27.8 Å². The smallest absolute Gasteiger partial charge is 0.212 e. The molecule has 0 saturated carbocycles. The fourth-order valence-electron chi connectivity index (χ4n) is 2.43. The van der Waals surface area contributed by atoms with E-state index in [4.69, 9.17) is 5.21 Å². The molecule has 1 aliphatic rings. The Morgan fingerprint density at radius 1 is 1.09 bits per heavy atom. The summed E-state index contributed by atoms with van der Waals surface area (Å²) < 4.78 is 1.85. The van der Waals surface area contributed by atoms with Gasteiger partial charge < -0.3 is 10.6 Å². The lowest BCUT2D eigenvalue weighted by Crippen LogP contribution is -2.99. The number of hydrogen-bond acceptors (Lipinski definition) is 6. The summed E-state index contributed by atoms with van der Waals surface area (Å²) in [6.45, 7) is 0. The van der Waals surface area contributed by atoms with Gasteiger partial charge in [-0.1, -0.05) is 42.1 Å². The Bertz CT molecular complexity index is 820. The molecule has 23 heavy (non-hydrogen) atoms. The molecule has 7 nitrogen and oxygen atoms in total. The van der Waals surface area contributed by atoms with Gasteiger partial charge in [0.05, 0.1) is 0 Å². The Morgan fingerprint density at radius 2 is 1.83 bits per heavy atom. The van der Waals surface area contributed by atoms with Crippen LogP contribution in [0.25, 0.3) is 11.4 Å². The molecule has 4 rings (SSSR count). The van der Waals surface area contributed by atoms with E-state index in [9.17, 15) is 5.21 Å². The molecule has 0 saturated heterocycles. The molecule has 3 aromatic rings. The van der Waals surface area contributed by atoms with E-state index >= 15 is 0 Å². The number of aromatic nitrogens is 3. The van der Waals surface area contributed by atoms with Crippen molar-refractivity contribution in [2.24, 2.45) is 0 Å². The van der Waals surface area contributed by atoms with Gasteiger partial charge in [-0.15, -0.1) is 10.2 Å². The average Bonchev–Trinajstić information content (AvgIpc) is 3.16. The van der Waals surface area contributed by atoms with Gasteiger partial charge in [-0.05, 0) is 17.7 Å². The summed E-state index contributed by atoms with van der Waals surface area (Å²) in [4.78, 5) is 0. The van der Waals surface area contributed by atoms with Gasteiger partial charge in [-0.25, -0.2) is 9.88 Å². The maximum absolute atomic E-state index is 10.9. The lowest BCUT2D eigenvalue weighted by atomic mass is 10.2. The summed E-state index contributed by atoms with van der Waals surface area (Å²) in [5.41, 5.74) is 5.60. The Hall–Kier alpha value is -2.39. The zero-order valence-corrected chi connectivity index (χ0v) is 12.7. The fourth-order valence-corrected chi connectivity index (χ4v) is 3.43. The van der Waals surface area contributed by atoms with Gasteiger partial charge in [0, 0.05) is 17.7 Å². The molecule has 116 valence electrons. The highest BCUT2D eigenvalue weighted by Gasteiger charge is 2.27. The van der Waals surface area contributed by atoms with Gasteiger partial charge in [-0.3, -0.25) is 0 Å². The quantitative estimate of drug-likeness (QED) is 0.634. The van der Waals surface area contributed by atoms with Gasteiger partial charge in [0.15, 0.2) is 11.5 Å². The van der Waals surface area contributed by atoms with Gasteiger partial charge in [0.25, 0.3) is 0 Å². The van der Waals surface area contributed by atoms with Crippen LogP contribution in [0.2, 0.25) is 0 Å². The third-order valence-electron chi connectivity index (χ3n) is 3.60. The van der Waals surface area contributed by atoms with E-state index in [0.717, 1.165) is 16.3 Å². The largest absolute Gasteiger partial charge is 0.595 e. The topological polar surface area (TPSA) is 90.5 Å². The molecule has 0 amide bonds. The molecule has 1 aliphatic heterocycles. The normalized spacial score (nSPS) is 17.6. The third-order valence-corrected chi connectivity index (χ3v) is 4.68. The van der Waals surface area contributed by atoms with Crippen LogP contribution in [0.4, 0.5) is 5.69 Å². The van der Waals surface area contributed by atoms with Crippen molar-refractivity contribution < 1.29 is 10.4 Å². The Labute approximate surface area is 136 Å². The maximum atomic E-state index is 10.9. The van der Waals surface area contributed by atoms with E-state index in [1.54, 1.807) is 36.0 Å². The van der Waals surface area contributed by atoms with Crippen LogP contribution in [0.5, 0.6) is 0 Å². The third kappa shape index (κ3) is 2.57. The first kappa shape index (κ1) is 14.2. The van der Waals surface area contributed by atoms with Crippen molar-refractivity contribution in [3.63, 3.8) is 0 Å². The molecular formula is C15H13N5O2S. The lowest BCUT2D eigenvalue weighted by molar-refractivity contribution is -0.991. The van der Waals surface area contributed by atoms with Gasteiger partial charge in [0.2, 0.25) is 5.16 Å². The summed E-state index contributed by atoms with van der Waals surface area (Å²) in [5.74, 6) is 0.669. The van der Waals surface area contributed by atoms with Crippen LogP contribution in [0.1, 0.15) is 10.9 Å². The highest BCUT2D eigenvalue weighted by Crippen LogP contribution is 2.39. The minimum Gasteiger partial charge on any atom is -0.595 e. The van der Waals surface area contributed by atoms with E-state index in [0.29, 0.717) is 5.82 Å². The van der Waals surface area contributed by atoms with Crippen molar-refractivity contribution in [1.82, 2.24) is 14.9 Å². The van der Waals surface area contributed by atoms with Crippen molar-refractivity contribution in [1.29, 1.82) is 0 Å². The van der Waals surface area contributed by atoms with Crippen LogP contribution in [-0.2, 0) is 0 Å². The molecule has 8 heteroatoms. The first-order chi connectivity index (χ1) is 11.2. The monoisotopic (exact) mass is 327 g/mol. The van der Waals surface area contributed by atoms with Crippen molar-refractivity contribution in [3.8, 4) is 11.4 Å². The standard InChI is InChI=1S/C15H13N5O2S/c21-20(22)12-8-6-10(7-9-12)13-16-17-15-19(13)18-14(23-15)11-4-2-1-3-5-11/h1-9,14,18,20-21H. The number of hydrogen-bond donors (Lipinski definition) is 3. The highest BCUT2D eigenvalue weighted by molar-refractivity contribution is 7.99. The molecule has 0 bridgehead atoms. The molecule has 2 atom stereocenters. The van der Waals surface area contributed by atoms with Gasteiger partial charge in [0.1, 0.15) is 5.37 Å². The van der Waals surface area contributed by atoms with Crippen LogP contribution in [0, 0.1) is 5.21 Å². The number of nitrogens with zero attached hydrogens (tertiary/aromatic N) is 3. The van der Waals surface area contributed by atoms with E-state index in [-0.39, 0.29) is 11.1 Å². The summed E-state index contributed by atoms with van der Waals surface area (Å²) >= 11 is 1.60. The molecule has 0 radical (unpaired) electrons. The molecule has 1 aromatic heterocycles. The molecule has 2 unspecified atom stereocenters. The Balaban J connectivity index is 1.63. The lowest BCUT2D eigenvalue weighted by Gasteiger charge is -2.13. The molecule has 2 aromatic carbocycles. The van der Waals surface area contributed by atoms with Crippen LogP contribution in [-0.4, -0.2) is 20.1 Å². The van der Waals surface area contributed by atoms with Gasteiger partial charge in [-0.2, -0.15) is 5.23 Å². The van der Waals surface area contributed by atoms with E-state index < -0.39 is 5.23 Å². The number of quaternary nitrogens is 1. The first-order valence-electron chi connectivity index (χ1n) is 6.99. The van der Waals surface area contributed by atoms with E-state index in [1.807, 2.05) is 22.9 Å². The summed E-state index contributed by atoms with van der Waals surface area (Å²) in [5, 5.41) is 28.2. The van der Waals surface area contributed by atoms with Crippen LogP contribution >= 0.6 is 11.8 Å². The summed E-state index contributed by atoms with van der Waals surface area (Å²) in [6, 6.07) is 16.7. The van der Waals surface area contributed by atoms with Crippen molar-refractivity contribution >= 4 is 17.4 Å². The Kier molecular flexibility index (Phi) is 3.50. The molecule has 0 spiro atoms. The maximum Gasteiger partial charge on any atom is 0.212 e. The molecule has 2 heterocycles. The van der Waals surface area contributed by atoms with Gasteiger partial charge >= 0.3 is 0 Å². The highest BCUT2D eigenvalue weighted by atomic mass is 32.2. The average molecular weight is 327 g/mol. The second-order valence-corrected chi connectivity index (χ2v) is 6.13. The molecular weight excluding hydrogens is 314 g/mol. The van der Waals surface area contributed by atoms with Crippen molar-refractivity contribution in [2.75, 3.05) is 5.43 Å². The van der Waals surface area contributed by atoms with E-state index in [1.165, 1.54) is 0 Å². The fraction of sp³-hybridized carbons (Fsp3) is 0.0667. The molecule has 3 N–H and O–H groups in total. The zero-order valence-electron chi connectivity index (χ0n) is 11.9. The number of benzene rings is 2. The summed E-state index contributed by atoms with van der Waals surface area (Å²) in [6.07, 6.45) is 0. The minimum atomic E-state index is -0.944. The SMILES string of the molecule is [O-][NH+](O)c1ccc(-c2nnc3n2NC(c2ccccc2)S3)cc1. The molecule has 0 aliphatic carbocycles. The minimum absolute atomic E-state index is 0.0822. The first-order valence-corrected chi connectivity index (χ1v) is 7.87. The predicted octanol–water partition coefficient (Wildman–Crippen LogP) is 1.70. The van der Waals surface area contributed by atoms with Crippen LogP contribution in [0.3, 0.4) is 0 Å². The number of nitrogens with one attached hydrogen (secondary N) is 2. The number of rotatable bonds is 3. The second kappa shape index (κ2) is 5.67. The van der Waals surface area contributed by atoms with Crippen LogP contribution < -0.4 is 10.7 Å². The second-order valence-electron chi connectivity index (χ2n) is 5.06. The predicted molar refractivity (Wildman–Crippen MR) is 85.6 cm³/mol. The zero-order chi connectivity index (χ0) is 15.8. The summed E-state index contributed by atoms with van der Waals surface area (Å²) in [7, 11) is 0. The van der Waals surface area contributed by atoms with Crippen molar-refractivity contribution in [2.45, 2.75) is 10.5 Å². The Morgan fingerprint density at radius 3 is 2.52 bits per heavy atom. The number of fused-ring (bicyclic) bond motifs is 1.